The number of non-ortho nitro benzene ring substituents is 1. The van der Waals surface area contributed by atoms with Crippen molar-refractivity contribution < 1.29 is 14.5 Å². The fourth-order valence-electron chi connectivity index (χ4n) is 1.71. The summed E-state index contributed by atoms with van der Waals surface area (Å²) in [6, 6.07) is 10.2. The fraction of sp³-hybridized carbons (Fsp3) is 0. The van der Waals surface area contributed by atoms with Crippen molar-refractivity contribution in [1.82, 2.24) is 5.43 Å². The lowest BCUT2D eigenvalue weighted by molar-refractivity contribution is -0.384. The molecular weight excluding hydrogens is 371 g/mol. The van der Waals surface area contributed by atoms with E-state index in [1.54, 1.807) is 12.1 Å². The van der Waals surface area contributed by atoms with Gasteiger partial charge in [0.25, 0.3) is 5.69 Å². The van der Waals surface area contributed by atoms with Crippen LogP contribution >= 0.6 is 23.2 Å². The number of amides is 2. The molecule has 2 rings (SSSR count). The summed E-state index contributed by atoms with van der Waals surface area (Å²) >= 11 is 11.7. The van der Waals surface area contributed by atoms with Gasteiger partial charge in [-0.15, -0.1) is 0 Å². The topological polar surface area (TPSA) is 114 Å². The smallest absolute Gasteiger partial charge is 0.316 e. The number of rotatable bonds is 4. The Morgan fingerprint density at radius 1 is 1.12 bits per heavy atom. The molecule has 0 saturated carbocycles. The van der Waals surface area contributed by atoms with E-state index in [9.17, 15) is 19.7 Å². The van der Waals surface area contributed by atoms with E-state index in [-0.39, 0.29) is 21.4 Å². The minimum Gasteiger partial charge on any atom is -0.316 e. The van der Waals surface area contributed by atoms with Gasteiger partial charge in [0.1, 0.15) is 0 Å². The van der Waals surface area contributed by atoms with Gasteiger partial charge in [-0.2, -0.15) is 5.10 Å². The number of nitro groups is 1. The molecular formula is C15H10Cl2N4O4. The number of anilines is 1. The third-order valence-electron chi connectivity index (χ3n) is 2.87. The monoisotopic (exact) mass is 380 g/mol. The maximum absolute atomic E-state index is 11.8. The van der Waals surface area contributed by atoms with E-state index in [1.807, 2.05) is 5.43 Å². The summed E-state index contributed by atoms with van der Waals surface area (Å²) in [5.41, 5.74) is 2.44. The van der Waals surface area contributed by atoms with Gasteiger partial charge >= 0.3 is 11.8 Å². The van der Waals surface area contributed by atoms with Crippen molar-refractivity contribution in [3.63, 3.8) is 0 Å². The molecule has 0 aliphatic rings. The number of hydrogen-bond donors (Lipinski definition) is 2. The van der Waals surface area contributed by atoms with E-state index in [2.05, 4.69) is 10.4 Å². The third-order valence-corrected chi connectivity index (χ3v) is 3.69. The van der Waals surface area contributed by atoms with Crippen molar-refractivity contribution in [3.8, 4) is 0 Å². The third kappa shape index (κ3) is 5.00. The summed E-state index contributed by atoms with van der Waals surface area (Å²) in [5, 5.41) is 16.9. The van der Waals surface area contributed by atoms with Crippen LogP contribution in [-0.4, -0.2) is 23.0 Å². The number of nitrogens with one attached hydrogen (secondary N) is 2. The van der Waals surface area contributed by atoms with Gasteiger partial charge in [-0.05, 0) is 12.1 Å². The molecule has 0 aliphatic carbocycles. The Kier molecular flexibility index (Phi) is 6.04. The largest absolute Gasteiger partial charge is 0.329 e. The van der Waals surface area contributed by atoms with Crippen LogP contribution in [0.3, 0.4) is 0 Å². The minimum atomic E-state index is -1.04. The van der Waals surface area contributed by atoms with Crippen molar-refractivity contribution in [3.05, 3.63) is 68.2 Å². The van der Waals surface area contributed by atoms with Crippen molar-refractivity contribution in [1.29, 1.82) is 0 Å². The predicted octanol–water partition coefficient (Wildman–Crippen LogP) is 2.99. The Balaban J connectivity index is 1.97. The highest BCUT2D eigenvalue weighted by atomic mass is 35.5. The van der Waals surface area contributed by atoms with Crippen LogP contribution < -0.4 is 10.7 Å². The lowest BCUT2D eigenvalue weighted by Crippen LogP contribution is -2.32. The quantitative estimate of drug-likeness (QED) is 0.367. The first-order chi connectivity index (χ1) is 11.9. The van der Waals surface area contributed by atoms with Gasteiger partial charge in [-0.1, -0.05) is 41.4 Å². The fourth-order valence-corrected chi connectivity index (χ4v) is 2.06. The standard InChI is InChI=1S/C15H10Cl2N4O4/c16-11-5-2-6-12(13(11)17)19-14(22)15(23)20-18-8-9-3-1-4-10(7-9)21(24)25/h1-8H,(H,19,22)(H,20,23)/b18-8-. The van der Waals surface area contributed by atoms with Crippen molar-refractivity contribution in [2.45, 2.75) is 0 Å². The van der Waals surface area contributed by atoms with Gasteiger partial charge in [0.2, 0.25) is 0 Å². The van der Waals surface area contributed by atoms with Crippen LogP contribution in [0, 0.1) is 10.1 Å². The lowest BCUT2D eigenvalue weighted by Gasteiger charge is -2.06. The normalized spacial score (nSPS) is 10.5. The molecule has 0 radical (unpaired) electrons. The molecule has 0 heterocycles. The Labute approximate surface area is 151 Å². The summed E-state index contributed by atoms with van der Waals surface area (Å²) in [7, 11) is 0. The van der Waals surface area contributed by atoms with Gasteiger partial charge in [0.05, 0.1) is 26.9 Å². The van der Waals surface area contributed by atoms with Crippen molar-refractivity contribution in [2.24, 2.45) is 5.10 Å². The van der Waals surface area contributed by atoms with E-state index in [0.717, 1.165) is 0 Å². The number of carbonyl (C=O) groups excluding carboxylic acids is 2. The summed E-state index contributed by atoms with van der Waals surface area (Å²) in [6.07, 6.45) is 1.17. The second-order valence-electron chi connectivity index (χ2n) is 4.61. The number of benzene rings is 2. The molecule has 0 aromatic heterocycles. The van der Waals surface area contributed by atoms with Crippen molar-refractivity contribution in [2.75, 3.05) is 5.32 Å². The van der Waals surface area contributed by atoms with E-state index >= 15 is 0 Å². The highest BCUT2D eigenvalue weighted by molar-refractivity contribution is 6.45. The van der Waals surface area contributed by atoms with Gasteiger partial charge in [-0.25, -0.2) is 5.43 Å². The summed E-state index contributed by atoms with van der Waals surface area (Å²) in [4.78, 5) is 33.6. The van der Waals surface area contributed by atoms with Crippen LogP contribution in [0.2, 0.25) is 10.0 Å². The maximum atomic E-state index is 11.8. The maximum Gasteiger partial charge on any atom is 0.329 e. The van der Waals surface area contributed by atoms with Gasteiger partial charge in [0, 0.05) is 17.7 Å². The first-order valence-electron chi connectivity index (χ1n) is 6.71. The molecule has 0 atom stereocenters. The minimum absolute atomic E-state index is 0.102. The SMILES string of the molecule is O=C(N/N=C\c1cccc([N+](=O)[O-])c1)C(=O)Nc1cccc(Cl)c1Cl. The van der Waals surface area contributed by atoms with Crippen LogP contribution in [0.15, 0.2) is 47.6 Å². The van der Waals surface area contributed by atoms with Gasteiger partial charge in [-0.3, -0.25) is 19.7 Å². The molecule has 0 aliphatic heterocycles. The average molecular weight is 381 g/mol. The van der Waals surface area contributed by atoms with Crippen LogP contribution in [0.25, 0.3) is 0 Å². The number of halogens is 2. The number of hydrazone groups is 1. The molecule has 0 spiro atoms. The molecule has 0 fully saturated rings. The molecule has 0 saturated heterocycles. The Hall–Kier alpha value is -2.97. The predicted molar refractivity (Wildman–Crippen MR) is 93.9 cm³/mol. The van der Waals surface area contributed by atoms with Crippen LogP contribution in [0.5, 0.6) is 0 Å². The molecule has 0 unspecified atom stereocenters. The van der Waals surface area contributed by atoms with Gasteiger partial charge in [0.15, 0.2) is 0 Å². The zero-order valence-electron chi connectivity index (χ0n) is 12.4. The Bertz CT molecular complexity index is 870. The molecule has 25 heavy (non-hydrogen) atoms. The van der Waals surface area contributed by atoms with Gasteiger partial charge < -0.3 is 5.32 Å². The molecule has 128 valence electrons. The second kappa shape index (κ2) is 8.22. The lowest BCUT2D eigenvalue weighted by atomic mass is 10.2. The Morgan fingerprint density at radius 3 is 2.56 bits per heavy atom. The molecule has 2 N–H and O–H groups in total. The molecule has 8 nitrogen and oxygen atoms in total. The number of nitro benzene ring substituents is 1. The zero-order valence-corrected chi connectivity index (χ0v) is 13.9. The van der Waals surface area contributed by atoms with Crippen molar-refractivity contribution >= 4 is 52.6 Å². The zero-order chi connectivity index (χ0) is 18.4. The van der Waals surface area contributed by atoms with Crippen LogP contribution in [0.1, 0.15) is 5.56 Å². The molecule has 2 amide bonds. The van der Waals surface area contributed by atoms with E-state index in [0.29, 0.717) is 5.56 Å². The highest BCUT2D eigenvalue weighted by Crippen LogP contribution is 2.29. The number of hydrogen-bond acceptors (Lipinski definition) is 5. The molecule has 2 aromatic carbocycles. The van der Waals surface area contributed by atoms with Crippen LogP contribution in [-0.2, 0) is 9.59 Å². The summed E-state index contributed by atoms with van der Waals surface area (Å²) in [5.74, 6) is -2.04. The highest BCUT2D eigenvalue weighted by Gasteiger charge is 2.15. The first-order valence-corrected chi connectivity index (χ1v) is 7.47. The first kappa shape index (κ1) is 18.4. The van der Waals surface area contributed by atoms with E-state index < -0.39 is 16.7 Å². The van der Waals surface area contributed by atoms with E-state index in [1.165, 1.54) is 36.5 Å². The average Bonchev–Trinajstić information content (AvgIpc) is 2.59. The van der Waals surface area contributed by atoms with E-state index in [4.69, 9.17) is 23.2 Å². The molecule has 2 aromatic rings. The molecule has 10 heteroatoms. The summed E-state index contributed by atoms with van der Waals surface area (Å²) < 4.78 is 0. The van der Waals surface area contributed by atoms with Crippen LogP contribution in [0.4, 0.5) is 11.4 Å². The number of carbonyl (C=O) groups is 2. The number of nitrogens with zero attached hydrogens (tertiary/aromatic N) is 2. The summed E-state index contributed by atoms with van der Waals surface area (Å²) in [6.45, 7) is 0. The second-order valence-corrected chi connectivity index (χ2v) is 5.39. The molecule has 0 bridgehead atoms. The Morgan fingerprint density at radius 2 is 1.84 bits per heavy atom.